The number of aryl methyl sites for hydroxylation is 1. The Morgan fingerprint density at radius 3 is 2.53 bits per heavy atom. The van der Waals surface area contributed by atoms with Crippen molar-refractivity contribution in [1.29, 1.82) is 0 Å². The van der Waals surface area contributed by atoms with Crippen LogP contribution in [0.1, 0.15) is 31.4 Å². The molecule has 0 aliphatic heterocycles. The smallest absolute Gasteiger partial charge is 0.127 e. The van der Waals surface area contributed by atoms with Gasteiger partial charge in [0.1, 0.15) is 11.4 Å². The van der Waals surface area contributed by atoms with Crippen molar-refractivity contribution in [3.63, 3.8) is 0 Å². The first kappa shape index (κ1) is 14.0. The van der Waals surface area contributed by atoms with Gasteiger partial charge in [0.15, 0.2) is 0 Å². The molecule has 0 fully saturated rings. The lowest BCUT2D eigenvalue weighted by molar-refractivity contribution is 0.0220. The molecule has 0 saturated carbocycles. The molecule has 1 atom stereocenters. The molecule has 1 aromatic carbocycles. The van der Waals surface area contributed by atoms with E-state index < -0.39 is 5.60 Å². The summed E-state index contributed by atoms with van der Waals surface area (Å²) >= 11 is 0. The highest BCUT2D eigenvalue weighted by Crippen LogP contribution is 2.36. The number of aliphatic hydroxyl groups is 1. The van der Waals surface area contributed by atoms with Crippen molar-refractivity contribution in [2.24, 2.45) is 11.7 Å². The minimum absolute atomic E-state index is 0.199. The van der Waals surface area contributed by atoms with Gasteiger partial charge >= 0.3 is 0 Å². The van der Waals surface area contributed by atoms with Gasteiger partial charge in [-0.25, -0.2) is 0 Å². The topological polar surface area (TPSA) is 55.5 Å². The summed E-state index contributed by atoms with van der Waals surface area (Å²) in [7, 11) is 1.62. The van der Waals surface area contributed by atoms with Crippen LogP contribution in [-0.2, 0) is 5.60 Å². The van der Waals surface area contributed by atoms with Crippen LogP contribution in [0.25, 0.3) is 0 Å². The lowest BCUT2D eigenvalue weighted by atomic mass is 9.84. The van der Waals surface area contributed by atoms with Crippen LogP contribution in [0.4, 0.5) is 0 Å². The molecule has 17 heavy (non-hydrogen) atoms. The van der Waals surface area contributed by atoms with E-state index in [2.05, 4.69) is 13.8 Å². The third-order valence-electron chi connectivity index (χ3n) is 3.00. The van der Waals surface area contributed by atoms with Crippen LogP contribution in [0.2, 0.25) is 0 Å². The van der Waals surface area contributed by atoms with E-state index in [0.717, 1.165) is 16.9 Å². The van der Waals surface area contributed by atoms with E-state index in [1.807, 2.05) is 25.1 Å². The number of hydrogen-bond donors (Lipinski definition) is 2. The molecule has 96 valence electrons. The number of methoxy groups -OCH3 is 1. The maximum Gasteiger partial charge on any atom is 0.127 e. The van der Waals surface area contributed by atoms with Gasteiger partial charge in [-0.05, 0) is 24.8 Å². The van der Waals surface area contributed by atoms with Crippen molar-refractivity contribution in [2.45, 2.75) is 32.8 Å². The minimum Gasteiger partial charge on any atom is -0.496 e. The van der Waals surface area contributed by atoms with Crippen molar-refractivity contribution in [1.82, 2.24) is 0 Å². The fourth-order valence-electron chi connectivity index (χ4n) is 2.27. The average Bonchev–Trinajstić information content (AvgIpc) is 2.27. The predicted molar refractivity (Wildman–Crippen MR) is 70.1 cm³/mol. The summed E-state index contributed by atoms with van der Waals surface area (Å²) in [6.07, 6.45) is 0.628. The van der Waals surface area contributed by atoms with Gasteiger partial charge in [0, 0.05) is 12.1 Å². The van der Waals surface area contributed by atoms with E-state index in [4.69, 9.17) is 10.5 Å². The maximum atomic E-state index is 10.7. The highest BCUT2D eigenvalue weighted by Gasteiger charge is 2.32. The van der Waals surface area contributed by atoms with Crippen LogP contribution in [0.15, 0.2) is 18.2 Å². The van der Waals surface area contributed by atoms with Gasteiger partial charge in [-0.15, -0.1) is 0 Å². The summed E-state index contributed by atoms with van der Waals surface area (Å²) < 4.78 is 5.39. The summed E-state index contributed by atoms with van der Waals surface area (Å²) in [5.41, 5.74) is 6.55. The van der Waals surface area contributed by atoms with E-state index in [-0.39, 0.29) is 6.54 Å². The van der Waals surface area contributed by atoms with Gasteiger partial charge in [0.05, 0.1) is 7.11 Å². The zero-order valence-corrected chi connectivity index (χ0v) is 11.2. The van der Waals surface area contributed by atoms with Gasteiger partial charge in [0.25, 0.3) is 0 Å². The van der Waals surface area contributed by atoms with Crippen LogP contribution in [0.5, 0.6) is 5.75 Å². The van der Waals surface area contributed by atoms with E-state index >= 15 is 0 Å². The monoisotopic (exact) mass is 237 g/mol. The Kier molecular flexibility index (Phi) is 4.54. The Morgan fingerprint density at radius 2 is 2.06 bits per heavy atom. The number of nitrogens with two attached hydrogens (primary N) is 1. The van der Waals surface area contributed by atoms with Gasteiger partial charge in [-0.2, -0.15) is 0 Å². The average molecular weight is 237 g/mol. The van der Waals surface area contributed by atoms with Crippen LogP contribution in [0.3, 0.4) is 0 Å². The first-order valence-electron chi connectivity index (χ1n) is 6.01. The highest BCUT2D eigenvalue weighted by molar-refractivity contribution is 5.44. The zero-order valence-electron chi connectivity index (χ0n) is 11.2. The lowest BCUT2D eigenvalue weighted by Crippen LogP contribution is -2.36. The van der Waals surface area contributed by atoms with Crippen molar-refractivity contribution < 1.29 is 9.84 Å². The summed E-state index contributed by atoms with van der Waals surface area (Å²) in [6.45, 7) is 6.31. The Bertz CT molecular complexity index is 376. The number of para-hydroxylation sites is 1. The molecule has 3 heteroatoms. The first-order valence-corrected chi connectivity index (χ1v) is 6.01. The predicted octanol–water partition coefficient (Wildman–Crippen LogP) is 2.20. The quantitative estimate of drug-likeness (QED) is 0.825. The second-order valence-electron chi connectivity index (χ2n) is 4.99. The lowest BCUT2D eigenvalue weighted by Gasteiger charge is -2.30. The van der Waals surface area contributed by atoms with Gasteiger partial charge in [-0.3, -0.25) is 0 Å². The largest absolute Gasteiger partial charge is 0.496 e. The number of hydrogen-bond acceptors (Lipinski definition) is 3. The molecule has 0 bridgehead atoms. The molecule has 0 aromatic heterocycles. The van der Waals surface area contributed by atoms with E-state index in [1.165, 1.54) is 0 Å². The zero-order chi connectivity index (χ0) is 13.1. The standard InChI is InChI=1S/C14H23NO2/c1-10(2)8-14(16,9-15)12-7-5-6-11(3)13(12)17-4/h5-7,10,16H,8-9,15H2,1-4H3. The van der Waals surface area contributed by atoms with Crippen molar-refractivity contribution >= 4 is 0 Å². The second kappa shape index (κ2) is 5.52. The minimum atomic E-state index is -1.01. The van der Waals surface area contributed by atoms with E-state index in [9.17, 15) is 5.11 Å². The molecule has 3 N–H and O–H groups in total. The molecule has 0 heterocycles. The Labute approximate surface area is 104 Å². The van der Waals surface area contributed by atoms with Crippen LogP contribution in [-0.4, -0.2) is 18.8 Å². The molecule has 0 radical (unpaired) electrons. The van der Waals surface area contributed by atoms with Crippen molar-refractivity contribution in [3.8, 4) is 5.75 Å². The van der Waals surface area contributed by atoms with Crippen LogP contribution < -0.4 is 10.5 Å². The normalized spacial score (nSPS) is 14.8. The molecule has 0 saturated heterocycles. The molecule has 3 nitrogen and oxygen atoms in total. The SMILES string of the molecule is COc1c(C)cccc1C(O)(CN)CC(C)C. The molecule has 1 unspecified atom stereocenters. The van der Waals surface area contributed by atoms with E-state index in [1.54, 1.807) is 7.11 Å². The Morgan fingerprint density at radius 1 is 1.41 bits per heavy atom. The first-order chi connectivity index (χ1) is 7.94. The van der Waals surface area contributed by atoms with Crippen molar-refractivity contribution in [3.05, 3.63) is 29.3 Å². The third kappa shape index (κ3) is 2.99. The van der Waals surface area contributed by atoms with Crippen molar-refractivity contribution in [2.75, 3.05) is 13.7 Å². The highest BCUT2D eigenvalue weighted by atomic mass is 16.5. The van der Waals surface area contributed by atoms with Gasteiger partial charge in [-0.1, -0.05) is 32.0 Å². The summed E-state index contributed by atoms with van der Waals surface area (Å²) in [6, 6.07) is 5.78. The van der Waals surface area contributed by atoms with Crippen LogP contribution >= 0.6 is 0 Å². The molecule has 1 aromatic rings. The molecule has 0 amide bonds. The Balaban J connectivity index is 3.24. The number of benzene rings is 1. The molecular formula is C14H23NO2. The number of ether oxygens (including phenoxy) is 1. The third-order valence-corrected chi connectivity index (χ3v) is 3.00. The number of rotatable bonds is 5. The maximum absolute atomic E-state index is 10.7. The van der Waals surface area contributed by atoms with Gasteiger partial charge in [0.2, 0.25) is 0 Å². The van der Waals surface area contributed by atoms with E-state index in [0.29, 0.717) is 12.3 Å². The second-order valence-corrected chi connectivity index (χ2v) is 4.99. The van der Waals surface area contributed by atoms with Crippen LogP contribution in [0, 0.1) is 12.8 Å². The molecule has 0 aliphatic carbocycles. The summed E-state index contributed by atoms with van der Waals surface area (Å²) in [5, 5.41) is 10.7. The molecular weight excluding hydrogens is 214 g/mol. The molecule has 0 spiro atoms. The fourth-order valence-corrected chi connectivity index (χ4v) is 2.27. The molecule has 1 rings (SSSR count). The van der Waals surface area contributed by atoms with Gasteiger partial charge < -0.3 is 15.6 Å². The fraction of sp³-hybridized carbons (Fsp3) is 0.571. The summed E-state index contributed by atoms with van der Waals surface area (Å²) in [5.74, 6) is 1.11. The summed E-state index contributed by atoms with van der Waals surface area (Å²) in [4.78, 5) is 0. The Hall–Kier alpha value is -1.06. The molecule has 0 aliphatic rings.